The number of benzene rings is 3. The lowest BCUT2D eigenvalue weighted by molar-refractivity contribution is 0.180. The summed E-state index contributed by atoms with van der Waals surface area (Å²) in [7, 11) is 0. The van der Waals surface area contributed by atoms with Gasteiger partial charge in [-0.3, -0.25) is 0 Å². The number of likely N-dealkylation sites (tertiary alicyclic amines) is 1. The predicted octanol–water partition coefficient (Wildman–Crippen LogP) is 5.82. The number of amides is 2. The van der Waals surface area contributed by atoms with Crippen LogP contribution < -0.4 is 10.6 Å². The Kier molecular flexibility index (Phi) is 7.94. The third-order valence-corrected chi connectivity index (χ3v) is 6.36. The Labute approximate surface area is 191 Å². The van der Waals surface area contributed by atoms with E-state index in [-0.39, 0.29) is 6.03 Å². The lowest BCUT2D eigenvalue weighted by Crippen LogP contribution is -2.40. The molecular formula is C28H33N3O. The highest BCUT2D eigenvalue weighted by Crippen LogP contribution is 2.27. The van der Waals surface area contributed by atoms with Crippen LogP contribution in [0.25, 0.3) is 11.1 Å². The van der Waals surface area contributed by atoms with Crippen LogP contribution in [0.2, 0.25) is 0 Å². The van der Waals surface area contributed by atoms with Crippen molar-refractivity contribution in [2.24, 2.45) is 5.92 Å². The number of aryl methyl sites for hydroxylation is 1. The van der Waals surface area contributed by atoms with Crippen molar-refractivity contribution in [2.45, 2.75) is 25.7 Å². The van der Waals surface area contributed by atoms with Crippen LogP contribution in [0.1, 0.15) is 24.8 Å². The molecule has 0 unspecified atom stereocenters. The zero-order chi connectivity index (χ0) is 22.0. The summed E-state index contributed by atoms with van der Waals surface area (Å²) in [6.45, 7) is 3.81. The Morgan fingerprint density at radius 3 is 2.25 bits per heavy atom. The van der Waals surface area contributed by atoms with Crippen LogP contribution in [0.3, 0.4) is 0 Å². The molecule has 1 saturated heterocycles. The fourth-order valence-corrected chi connectivity index (χ4v) is 4.47. The normalized spacial score (nSPS) is 14.8. The van der Waals surface area contributed by atoms with Crippen LogP contribution in [0, 0.1) is 5.92 Å². The van der Waals surface area contributed by atoms with Crippen molar-refractivity contribution >= 4 is 11.7 Å². The molecule has 1 aliphatic rings. The number of piperidine rings is 1. The van der Waals surface area contributed by atoms with Gasteiger partial charge in [0.25, 0.3) is 0 Å². The van der Waals surface area contributed by atoms with Crippen LogP contribution in [0.15, 0.2) is 84.9 Å². The Balaban J connectivity index is 1.17. The quantitative estimate of drug-likeness (QED) is 0.476. The number of hydrogen-bond donors (Lipinski definition) is 2. The third-order valence-electron chi connectivity index (χ3n) is 6.36. The van der Waals surface area contributed by atoms with Crippen LogP contribution in [-0.4, -0.2) is 37.1 Å². The first-order valence-corrected chi connectivity index (χ1v) is 11.7. The second-order valence-corrected chi connectivity index (χ2v) is 8.60. The summed E-state index contributed by atoms with van der Waals surface area (Å²) in [5.74, 6) is 0.817. The zero-order valence-corrected chi connectivity index (χ0v) is 18.7. The minimum Gasteiger partial charge on any atom is -0.337 e. The highest BCUT2D eigenvalue weighted by Gasteiger charge is 2.19. The Morgan fingerprint density at radius 1 is 0.844 bits per heavy atom. The van der Waals surface area contributed by atoms with Crippen LogP contribution in [0.4, 0.5) is 10.5 Å². The van der Waals surface area contributed by atoms with Crippen molar-refractivity contribution in [2.75, 3.05) is 31.5 Å². The van der Waals surface area contributed by atoms with E-state index in [9.17, 15) is 4.79 Å². The van der Waals surface area contributed by atoms with E-state index < -0.39 is 0 Å². The van der Waals surface area contributed by atoms with Crippen molar-refractivity contribution in [3.05, 3.63) is 90.5 Å². The van der Waals surface area contributed by atoms with Crippen LogP contribution in [0.5, 0.6) is 0 Å². The van der Waals surface area contributed by atoms with Gasteiger partial charge in [-0.1, -0.05) is 78.9 Å². The average Bonchev–Trinajstić information content (AvgIpc) is 2.85. The third kappa shape index (κ3) is 6.44. The smallest absolute Gasteiger partial charge is 0.319 e. The summed E-state index contributed by atoms with van der Waals surface area (Å²) in [4.78, 5) is 14.9. The lowest BCUT2D eigenvalue weighted by atomic mass is 9.90. The highest BCUT2D eigenvalue weighted by molar-refractivity contribution is 5.94. The molecule has 32 heavy (non-hydrogen) atoms. The summed E-state index contributed by atoms with van der Waals surface area (Å²) in [5, 5.41) is 6.04. The monoisotopic (exact) mass is 427 g/mol. The molecule has 4 heteroatoms. The van der Waals surface area contributed by atoms with E-state index in [1.807, 2.05) is 42.5 Å². The number of carbonyl (C=O) groups is 1. The molecule has 1 fully saturated rings. The van der Waals surface area contributed by atoms with Gasteiger partial charge in [0.1, 0.15) is 0 Å². The number of nitrogens with zero attached hydrogens (tertiary/aromatic N) is 1. The van der Waals surface area contributed by atoms with Gasteiger partial charge in [-0.15, -0.1) is 0 Å². The predicted molar refractivity (Wildman–Crippen MR) is 133 cm³/mol. The molecule has 4 rings (SSSR count). The molecule has 0 bridgehead atoms. The van der Waals surface area contributed by atoms with Gasteiger partial charge in [-0.05, 0) is 61.9 Å². The Bertz CT molecular complexity index is 966. The molecule has 0 aliphatic carbocycles. The lowest BCUT2D eigenvalue weighted by Gasteiger charge is -2.32. The van der Waals surface area contributed by atoms with Crippen molar-refractivity contribution in [1.29, 1.82) is 0 Å². The molecule has 0 atom stereocenters. The van der Waals surface area contributed by atoms with Crippen LogP contribution >= 0.6 is 0 Å². The minimum atomic E-state index is -0.147. The van der Waals surface area contributed by atoms with Gasteiger partial charge in [0.15, 0.2) is 0 Å². The molecule has 3 aromatic rings. The van der Waals surface area contributed by atoms with Crippen molar-refractivity contribution < 1.29 is 4.79 Å². The van der Waals surface area contributed by atoms with Crippen molar-refractivity contribution in [1.82, 2.24) is 10.2 Å². The first-order chi connectivity index (χ1) is 15.8. The summed E-state index contributed by atoms with van der Waals surface area (Å²) in [6, 6.07) is 28.7. The number of hydrogen-bond acceptors (Lipinski definition) is 2. The summed E-state index contributed by atoms with van der Waals surface area (Å²) < 4.78 is 0. The molecule has 3 aromatic carbocycles. The number of urea groups is 1. The number of nitrogens with one attached hydrogen (secondary N) is 2. The van der Waals surface area contributed by atoms with E-state index in [0.717, 1.165) is 42.4 Å². The fraction of sp³-hybridized carbons (Fsp3) is 0.321. The van der Waals surface area contributed by atoms with Gasteiger partial charge >= 0.3 is 6.03 Å². The maximum Gasteiger partial charge on any atom is 0.319 e. The van der Waals surface area contributed by atoms with Crippen molar-refractivity contribution in [3.8, 4) is 11.1 Å². The van der Waals surface area contributed by atoms with Gasteiger partial charge in [-0.25, -0.2) is 4.79 Å². The molecule has 0 saturated carbocycles. The Hall–Kier alpha value is -3.11. The highest BCUT2D eigenvalue weighted by atomic mass is 16.2. The van der Waals surface area contributed by atoms with Gasteiger partial charge < -0.3 is 15.5 Å². The van der Waals surface area contributed by atoms with E-state index in [4.69, 9.17) is 0 Å². The molecule has 0 spiro atoms. The fourth-order valence-electron chi connectivity index (χ4n) is 4.47. The molecule has 1 heterocycles. The topological polar surface area (TPSA) is 44.4 Å². The average molecular weight is 428 g/mol. The standard InChI is InChI=1S/C28H33N3O/c32-28(30-27-14-8-7-13-26(27)25-11-5-2-6-12-25)29-19-22-31-20-17-24(18-21-31)16-15-23-9-3-1-4-10-23/h1-14,24H,15-22H2,(H2,29,30,32). The number of anilines is 1. The first-order valence-electron chi connectivity index (χ1n) is 11.7. The van der Waals surface area contributed by atoms with Gasteiger partial charge in [0.2, 0.25) is 0 Å². The molecule has 166 valence electrons. The second kappa shape index (κ2) is 11.5. The molecular weight excluding hydrogens is 394 g/mol. The van der Waals surface area contributed by atoms with Crippen LogP contribution in [-0.2, 0) is 6.42 Å². The molecule has 4 nitrogen and oxygen atoms in total. The molecule has 2 amide bonds. The van der Waals surface area contributed by atoms with E-state index in [0.29, 0.717) is 6.54 Å². The Morgan fingerprint density at radius 2 is 1.50 bits per heavy atom. The molecule has 2 N–H and O–H groups in total. The van der Waals surface area contributed by atoms with Crippen molar-refractivity contribution in [3.63, 3.8) is 0 Å². The maximum absolute atomic E-state index is 12.5. The molecule has 0 aromatic heterocycles. The van der Waals surface area contributed by atoms with Gasteiger partial charge in [0.05, 0.1) is 5.69 Å². The summed E-state index contributed by atoms with van der Waals surface area (Å²) >= 11 is 0. The number of para-hydroxylation sites is 1. The van der Waals surface area contributed by atoms with Gasteiger partial charge in [-0.2, -0.15) is 0 Å². The van der Waals surface area contributed by atoms with E-state index in [1.54, 1.807) is 0 Å². The maximum atomic E-state index is 12.5. The summed E-state index contributed by atoms with van der Waals surface area (Å²) in [5.41, 5.74) is 4.40. The molecule has 0 radical (unpaired) electrons. The molecule has 1 aliphatic heterocycles. The van der Waals surface area contributed by atoms with Gasteiger partial charge in [0, 0.05) is 18.7 Å². The summed E-state index contributed by atoms with van der Waals surface area (Å²) in [6.07, 6.45) is 4.96. The SMILES string of the molecule is O=C(NCCN1CCC(CCc2ccccc2)CC1)Nc1ccccc1-c1ccccc1. The first kappa shape index (κ1) is 22.1. The zero-order valence-electron chi connectivity index (χ0n) is 18.7. The van der Waals surface area contributed by atoms with E-state index >= 15 is 0 Å². The van der Waals surface area contributed by atoms with E-state index in [1.165, 1.54) is 31.2 Å². The van der Waals surface area contributed by atoms with E-state index in [2.05, 4.69) is 58.0 Å². The largest absolute Gasteiger partial charge is 0.337 e. The second-order valence-electron chi connectivity index (χ2n) is 8.60. The number of carbonyl (C=O) groups excluding carboxylic acids is 1. The minimum absolute atomic E-state index is 0.147. The number of rotatable bonds is 8.